The number of carbonyl (C=O) groups excluding carboxylic acids is 1. The van der Waals surface area contributed by atoms with E-state index in [1.165, 1.54) is 69.5 Å². The van der Waals surface area contributed by atoms with Crippen molar-refractivity contribution in [3.8, 4) is 0 Å². The van der Waals surface area contributed by atoms with Crippen molar-refractivity contribution in [3.05, 3.63) is 0 Å². The highest BCUT2D eigenvalue weighted by molar-refractivity contribution is 5.84. The lowest BCUT2D eigenvalue weighted by molar-refractivity contribution is -0.156. The average Bonchev–Trinajstić information content (AvgIpc) is 3.58. The van der Waals surface area contributed by atoms with E-state index in [1.54, 1.807) is 0 Å². The van der Waals surface area contributed by atoms with Gasteiger partial charge in [0.15, 0.2) is 5.78 Å². The van der Waals surface area contributed by atoms with Crippen molar-refractivity contribution in [3.63, 3.8) is 0 Å². The monoisotopic (exact) mass is 521 g/mol. The molecule has 0 amide bonds. The first-order valence-electron chi connectivity index (χ1n) is 15.2. The van der Waals surface area contributed by atoms with Crippen LogP contribution in [-0.4, -0.2) is 60.8 Å². The summed E-state index contributed by atoms with van der Waals surface area (Å²) in [6.45, 7) is 8.10. The predicted octanol–water partition coefficient (Wildman–Crippen LogP) is 6.26. The van der Waals surface area contributed by atoms with E-state index in [9.17, 15) is 18.0 Å². The predicted molar refractivity (Wildman–Crippen MR) is 139 cm³/mol. The molecule has 0 bridgehead atoms. The number of nitrogens with zero attached hydrogens (tertiary/aromatic N) is 3. The van der Waals surface area contributed by atoms with Gasteiger partial charge in [0.25, 0.3) is 0 Å². The van der Waals surface area contributed by atoms with E-state index in [2.05, 4.69) is 23.8 Å². The quantitative estimate of drug-likeness (QED) is 0.428. The molecule has 2 aliphatic heterocycles. The molecule has 0 radical (unpaired) electrons. The third kappa shape index (κ3) is 4.78. The lowest BCUT2D eigenvalue weighted by Crippen LogP contribution is -2.51. The molecular formula is C30H46F3N3O. The van der Waals surface area contributed by atoms with Crippen LogP contribution >= 0.6 is 0 Å². The lowest BCUT2D eigenvalue weighted by atomic mass is 9.48. The van der Waals surface area contributed by atoms with E-state index < -0.39 is 12.1 Å². The summed E-state index contributed by atoms with van der Waals surface area (Å²) in [7, 11) is 0. The molecule has 0 aromatic rings. The van der Waals surface area contributed by atoms with Crippen molar-refractivity contribution in [2.24, 2.45) is 63.8 Å². The minimum atomic E-state index is -4.29. The molecule has 7 heteroatoms. The smallest absolute Gasteiger partial charge is 0.303 e. The van der Waals surface area contributed by atoms with Crippen molar-refractivity contribution in [2.75, 3.05) is 32.7 Å². The maximum absolute atomic E-state index is 13.8. The number of hydrazone groups is 1. The molecule has 10 atom stereocenters. The molecule has 0 spiro atoms. The fraction of sp³-hybridized carbons (Fsp3) is 0.933. The van der Waals surface area contributed by atoms with Gasteiger partial charge in [-0.1, -0.05) is 20.3 Å². The maximum Gasteiger partial charge on any atom is 0.398 e. The molecule has 6 rings (SSSR count). The van der Waals surface area contributed by atoms with Gasteiger partial charge in [-0.05, 0) is 118 Å². The summed E-state index contributed by atoms with van der Waals surface area (Å²) >= 11 is 0. The Kier molecular flexibility index (Phi) is 6.93. The molecule has 6 aliphatic rings. The van der Waals surface area contributed by atoms with Gasteiger partial charge in [-0.3, -0.25) is 9.80 Å². The Bertz CT molecular complexity index is 886. The number of ketones is 1. The molecule has 208 valence electrons. The zero-order valence-corrected chi connectivity index (χ0v) is 22.8. The average molecular weight is 522 g/mol. The van der Waals surface area contributed by atoms with E-state index in [0.29, 0.717) is 11.8 Å². The number of fused-ring (bicyclic) bond motifs is 5. The van der Waals surface area contributed by atoms with Gasteiger partial charge in [0.1, 0.15) is 5.92 Å². The van der Waals surface area contributed by atoms with Gasteiger partial charge in [-0.25, -0.2) is 0 Å². The van der Waals surface area contributed by atoms with Crippen molar-refractivity contribution in [2.45, 2.75) is 84.2 Å². The third-order valence-corrected chi connectivity index (χ3v) is 12.0. The number of carbonyl (C=O) groups is 1. The molecule has 5 fully saturated rings. The van der Waals surface area contributed by atoms with E-state index in [0.717, 1.165) is 55.2 Å². The van der Waals surface area contributed by atoms with Crippen LogP contribution in [0.4, 0.5) is 13.2 Å². The number of likely N-dealkylation sites (tertiary alicyclic amines) is 1. The zero-order valence-electron chi connectivity index (χ0n) is 22.8. The molecule has 4 saturated carbocycles. The van der Waals surface area contributed by atoms with Crippen LogP contribution in [0, 0.1) is 58.7 Å². The van der Waals surface area contributed by atoms with Gasteiger partial charge in [0, 0.05) is 18.7 Å². The number of halogens is 3. The van der Waals surface area contributed by atoms with Crippen LogP contribution in [0.25, 0.3) is 0 Å². The Balaban J connectivity index is 1.21. The first-order chi connectivity index (χ1) is 17.6. The maximum atomic E-state index is 13.8. The first-order valence-corrected chi connectivity index (χ1v) is 15.2. The van der Waals surface area contributed by atoms with Gasteiger partial charge in [0.2, 0.25) is 0 Å². The van der Waals surface area contributed by atoms with Crippen LogP contribution in [0.15, 0.2) is 5.10 Å². The lowest BCUT2D eigenvalue weighted by Gasteiger charge is -2.57. The van der Waals surface area contributed by atoms with E-state index >= 15 is 0 Å². The van der Waals surface area contributed by atoms with E-state index in [4.69, 9.17) is 0 Å². The molecule has 2 heterocycles. The van der Waals surface area contributed by atoms with Crippen molar-refractivity contribution in [1.29, 1.82) is 0 Å². The summed E-state index contributed by atoms with van der Waals surface area (Å²) in [5, 5.41) is 5.38. The van der Waals surface area contributed by atoms with Crippen molar-refractivity contribution in [1.82, 2.24) is 9.91 Å². The molecule has 0 aromatic carbocycles. The normalized spacial score (nSPS) is 46.1. The van der Waals surface area contributed by atoms with Crippen LogP contribution < -0.4 is 0 Å². The Morgan fingerprint density at radius 2 is 1.78 bits per heavy atom. The minimum Gasteiger partial charge on any atom is -0.303 e. The van der Waals surface area contributed by atoms with Gasteiger partial charge < -0.3 is 4.90 Å². The van der Waals surface area contributed by atoms with Crippen LogP contribution in [0.3, 0.4) is 0 Å². The van der Waals surface area contributed by atoms with E-state index in [1.807, 2.05) is 0 Å². The number of rotatable bonds is 5. The zero-order chi connectivity index (χ0) is 25.9. The topological polar surface area (TPSA) is 35.9 Å². The summed E-state index contributed by atoms with van der Waals surface area (Å²) in [5.41, 5.74) is -0.0235. The Morgan fingerprint density at radius 3 is 2.51 bits per heavy atom. The van der Waals surface area contributed by atoms with Crippen LogP contribution in [-0.2, 0) is 4.79 Å². The summed E-state index contributed by atoms with van der Waals surface area (Å²) in [4.78, 5) is 16.4. The van der Waals surface area contributed by atoms with Crippen LogP contribution in [0.1, 0.15) is 78.1 Å². The Labute approximate surface area is 220 Å². The summed E-state index contributed by atoms with van der Waals surface area (Å²) < 4.78 is 39.6. The largest absolute Gasteiger partial charge is 0.398 e. The van der Waals surface area contributed by atoms with Crippen molar-refractivity contribution >= 4 is 12.0 Å². The van der Waals surface area contributed by atoms with Gasteiger partial charge >= 0.3 is 6.18 Å². The molecule has 10 unspecified atom stereocenters. The second-order valence-corrected chi connectivity index (χ2v) is 14.1. The van der Waals surface area contributed by atoms with Crippen LogP contribution in [0.5, 0.6) is 0 Å². The number of Topliss-reactive ketones (excluding diaryl/α,β-unsaturated/α-hetero) is 1. The number of hydrogen-bond donors (Lipinski definition) is 0. The SMILES string of the molecule is CC1CCC2C(CCC3C2CCC2(C)C(C(=O)CN4CC(C(F)(F)F)C=N4)CC(CN4CCCC4)C32)C1. The molecule has 1 saturated heterocycles. The summed E-state index contributed by atoms with van der Waals surface area (Å²) in [5.74, 6) is 3.82. The second kappa shape index (κ2) is 9.82. The Hall–Kier alpha value is -1.11. The highest BCUT2D eigenvalue weighted by Crippen LogP contribution is 2.66. The van der Waals surface area contributed by atoms with Crippen molar-refractivity contribution < 1.29 is 18.0 Å². The second-order valence-electron chi connectivity index (χ2n) is 14.1. The highest BCUT2D eigenvalue weighted by atomic mass is 19.4. The molecule has 0 aromatic heterocycles. The third-order valence-electron chi connectivity index (χ3n) is 12.0. The fourth-order valence-electron chi connectivity index (χ4n) is 10.4. The first kappa shape index (κ1) is 26.1. The molecule has 37 heavy (non-hydrogen) atoms. The number of alkyl halides is 3. The van der Waals surface area contributed by atoms with Gasteiger partial charge in [-0.2, -0.15) is 18.3 Å². The standard InChI is InChI=1S/C30H46F3N3O/c1-19-5-7-23-20(13-19)6-8-25-24(23)9-10-29(2)26(14-21(28(25)29)16-35-11-3-4-12-35)27(37)18-36-17-22(15-34-36)30(31,32)33/h15,19-26,28H,3-14,16-18H2,1-2H3. The minimum absolute atomic E-state index is 0.0235. The summed E-state index contributed by atoms with van der Waals surface area (Å²) in [6, 6.07) is 0. The van der Waals surface area contributed by atoms with Gasteiger partial charge in [0.05, 0.1) is 13.1 Å². The number of hydrogen-bond acceptors (Lipinski definition) is 4. The molecule has 4 nitrogen and oxygen atoms in total. The van der Waals surface area contributed by atoms with E-state index in [-0.39, 0.29) is 30.2 Å². The molecular weight excluding hydrogens is 475 g/mol. The highest BCUT2D eigenvalue weighted by Gasteiger charge is 2.61. The molecule has 0 N–H and O–H groups in total. The Morgan fingerprint density at radius 1 is 1.03 bits per heavy atom. The molecule has 4 aliphatic carbocycles. The fourth-order valence-corrected chi connectivity index (χ4v) is 10.4. The van der Waals surface area contributed by atoms with Crippen LogP contribution in [0.2, 0.25) is 0 Å². The van der Waals surface area contributed by atoms with Gasteiger partial charge in [-0.15, -0.1) is 0 Å². The summed E-state index contributed by atoms with van der Waals surface area (Å²) in [6.07, 6.45) is 9.37.